The minimum absolute atomic E-state index is 0.00515. The summed E-state index contributed by atoms with van der Waals surface area (Å²) in [5, 5.41) is 8.14. The first-order valence-electron chi connectivity index (χ1n) is 37.7. The van der Waals surface area contributed by atoms with E-state index in [2.05, 4.69) is 20.9 Å². The average Bonchev–Trinajstić information content (AvgIpc) is 1.20. The Hall–Kier alpha value is -7.95. The third-order valence-electron chi connectivity index (χ3n) is 22.4. The first kappa shape index (κ1) is 85.3. The van der Waals surface area contributed by atoms with Crippen molar-refractivity contribution in [1.82, 2.24) is 65.0 Å². The van der Waals surface area contributed by atoms with E-state index in [-0.39, 0.29) is 88.6 Å². The van der Waals surface area contributed by atoms with E-state index in [1.165, 1.54) is 99.3 Å². The van der Waals surface area contributed by atoms with Crippen LogP contribution >= 0.6 is 11.6 Å². The Kier molecular flexibility index (Phi) is 31.2. The summed E-state index contributed by atoms with van der Waals surface area (Å²) < 4.78 is 47.6. The molecule has 0 bridgehead atoms. The molecule has 1 aromatic carbocycles. The van der Waals surface area contributed by atoms with Gasteiger partial charge in [0.05, 0.1) is 49.9 Å². The van der Waals surface area contributed by atoms with Gasteiger partial charge in [0.25, 0.3) is 0 Å². The molecule has 2 aliphatic heterocycles. The molecule has 26 nitrogen and oxygen atoms in total. The summed E-state index contributed by atoms with van der Waals surface area (Å²) in [5.74, 6) is -9.49. The summed E-state index contributed by atoms with van der Waals surface area (Å²) in [4.78, 5) is 197. The Morgan fingerprint density at radius 3 is 1.86 bits per heavy atom. The highest BCUT2D eigenvalue weighted by atomic mass is 35.5. The standard InChI is InChI=1S/C76H113ClF3N13O13/c1-13-49(4)65-72(103)87(7)46-63(96)85(5)47-64(97)89(9)59(41-50-23-16-14-17-24-50)70(101)86(6)45-61(94)82-56(31-29-51-28-30-54(55(77)40-51)76(78,79)80)69(100)90(10)58(42-52-25-22-34-81-44-52)68(99)84-75(32-20-21-33-75)74(105)92(12)66(53-26-18-15-19-27-53)73(104)91(11)60(71(102)93-35-37-106-38-36-93)43-62(95)88(8)57(39-48(2)3)67(98)83-65/h22,25,28,30,34,40,44,48-50,53,56-60,65-66H,13-21,23-24,26-27,29,31-33,35-39,41-43,45-47H2,1-12H3,(H,82,94)(H,83,98)(H,84,99)/t49-,56-,57-,58-,59-,60-,65-,66-/m0/s1. The quantitative estimate of drug-likeness (QED) is 0.216. The van der Waals surface area contributed by atoms with E-state index < -0.39 is 173 Å². The number of benzene rings is 1. The number of carbonyl (C=O) groups excluding carboxylic acids is 12. The number of pyridine rings is 1. The Balaban J connectivity index is 1.34. The Labute approximate surface area is 627 Å². The highest BCUT2D eigenvalue weighted by molar-refractivity contribution is 6.31. The van der Waals surface area contributed by atoms with Gasteiger partial charge >= 0.3 is 6.18 Å². The van der Waals surface area contributed by atoms with E-state index in [0.29, 0.717) is 50.5 Å². The molecule has 3 saturated carbocycles. The van der Waals surface area contributed by atoms with Crippen LogP contribution in [0.4, 0.5) is 13.2 Å². The van der Waals surface area contributed by atoms with Crippen molar-refractivity contribution in [3.05, 3.63) is 64.4 Å². The fraction of sp³-hybridized carbons (Fsp3) is 0.697. The number of nitrogens with zero attached hydrogens (tertiary/aromatic N) is 10. The molecule has 2 saturated heterocycles. The van der Waals surface area contributed by atoms with Crippen LogP contribution in [0, 0.1) is 23.7 Å². The molecule has 588 valence electrons. The van der Waals surface area contributed by atoms with Gasteiger partial charge in [0.1, 0.15) is 47.8 Å². The molecule has 3 N–H and O–H groups in total. The highest BCUT2D eigenvalue weighted by Gasteiger charge is 2.51. The van der Waals surface area contributed by atoms with E-state index >= 15 is 28.8 Å². The van der Waals surface area contributed by atoms with Crippen LogP contribution in [0.15, 0.2) is 42.7 Å². The van der Waals surface area contributed by atoms with E-state index in [1.54, 1.807) is 19.1 Å². The summed E-state index contributed by atoms with van der Waals surface area (Å²) in [6.45, 7) is 6.17. The maximum absolute atomic E-state index is 16.0. The van der Waals surface area contributed by atoms with E-state index in [9.17, 15) is 41.9 Å². The van der Waals surface area contributed by atoms with Gasteiger partial charge in [-0.2, -0.15) is 13.2 Å². The maximum Gasteiger partial charge on any atom is 0.417 e. The number of aryl methyl sites for hydroxylation is 1. The molecule has 7 rings (SSSR count). The lowest BCUT2D eigenvalue weighted by molar-refractivity contribution is -0.158. The lowest BCUT2D eigenvalue weighted by Gasteiger charge is -2.43. The topological polar surface area (TPSA) is 292 Å². The van der Waals surface area contributed by atoms with Crippen LogP contribution < -0.4 is 16.0 Å². The Morgan fingerprint density at radius 1 is 0.651 bits per heavy atom. The van der Waals surface area contributed by atoms with Crippen molar-refractivity contribution in [1.29, 1.82) is 0 Å². The molecule has 2 aromatic rings. The largest absolute Gasteiger partial charge is 0.417 e. The van der Waals surface area contributed by atoms with Crippen molar-refractivity contribution in [2.45, 2.75) is 217 Å². The zero-order chi connectivity index (χ0) is 78.1. The number of hydrogen-bond acceptors (Lipinski definition) is 14. The molecule has 1 aromatic heterocycles. The number of rotatable bonds is 13. The van der Waals surface area contributed by atoms with Gasteiger partial charge in [-0.15, -0.1) is 0 Å². The van der Waals surface area contributed by atoms with Gasteiger partial charge in [0.15, 0.2) is 0 Å². The summed E-state index contributed by atoms with van der Waals surface area (Å²) >= 11 is 6.20. The van der Waals surface area contributed by atoms with E-state index in [0.717, 1.165) is 70.3 Å². The van der Waals surface area contributed by atoms with Crippen LogP contribution in [-0.2, 0) is 81.3 Å². The third-order valence-corrected chi connectivity index (χ3v) is 22.7. The molecule has 12 amide bonds. The molecule has 5 fully saturated rings. The molecule has 0 radical (unpaired) electrons. The zero-order valence-electron chi connectivity index (χ0n) is 64.0. The molecule has 106 heavy (non-hydrogen) atoms. The fourth-order valence-corrected chi connectivity index (χ4v) is 15.9. The fourth-order valence-electron chi connectivity index (χ4n) is 15.6. The van der Waals surface area contributed by atoms with Gasteiger partial charge in [-0.1, -0.05) is 122 Å². The van der Waals surface area contributed by atoms with Crippen LogP contribution in [0.5, 0.6) is 0 Å². The molecule has 1 spiro atoms. The van der Waals surface area contributed by atoms with Crippen LogP contribution in [0.2, 0.25) is 5.02 Å². The summed E-state index contributed by atoms with van der Waals surface area (Å²) in [6.07, 6.45) is 6.39. The summed E-state index contributed by atoms with van der Waals surface area (Å²) in [6, 6.07) is -2.89. The molecular weight excluding hydrogens is 1400 g/mol. The second kappa shape index (κ2) is 38.7. The predicted molar refractivity (Wildman–Crippen MR) is 390 cm³/mol. The molecule has 30 heteroatoms. The zero-order valence-corrected chi connectivity index (χ0v) is 64.7. The first-order chi connectivity index (χ1) is 50.1. The van der Waals surface area contributed by atoms with Crippen molar-refractivity contribution in [2.75, 3.05) is 102 Å². The number of morpholine rings is 1. The summed E-state index contributed by atoms with van der Waals surface area (Å²) in [7, 11) is 11.2. The van der Waals surface area contributed by atoms with Gasteiger partial charge in [0.2, 0.25) is 70.9 Å². The van der Waals surface area contributed by atoms with Crippen LogP contribution in [0.3, 0.4) is 0 Å². The maximum atomic E-state index is 16.0. The van der Waals surface area contributed by atoms with Crippen molar-refractivity contribution >= 4 is 82.5 Å². The molecule has 3 aliphatic carbocycles. The van der Waals surface area contributed by atoms with Gasteiger partial charge in [-0.3, -0.25) is 62.5 Å². The van der Waals surface area contributed by atoms with Crippen molar-refractivity contribution in [3.63, 3.8) is 0 Å². The second-order valence-corrected chi connectivity index (χ2v) is 31.0. The lowest BCUT2D eigenvalue weighted by Crippen LogP contribution is -2.66. The number of ether oxygens (including phenoxy) is 1. The minimum atomic E-state index is -4.79. The lowest BCUT2D eigenvalue weighted by atomic mass is 9.81. The smallest absolute Gasteiger partial charge is 0.378 e. The number of halogens is 4. The third kappa shape index (κ3) is 22.1. The average molecular weight is 1510 g/mol. The monoisotopic (exact) mass is 1510 g/mol. The highest BCUT2D eigenvalue weighted by Crippen LogP contribution is 2.38. The molecule has 3 heterocycles. The minimum Gasteiger partial charge on any atom is -0.378 e. The number of carbonyl (C=O) groups is 12. The normalized spacial score (nSPS) is 25.5. The number of alkyl halides is 3. The predicted octanol–water partition coefficient (Wildman–Crippen LogP) is 5.74. The van der Waals surface area contributed by atoms with E-state index in [4.69, 9.17) is 16.3 Å². The number of aromatic nitrogens is 1. The van der Waals surface area contributed by atoms with Crippen molar-refractivity contribution in [3.8, 4) is 0 Å². The Bertz CT molecular complexity index is 3420. The number of nitrogens with one attached hydrogen (secondary N) is 3. The van der Waals surface area contributed by atoms with Gasteiger partial charge < -0.3 is 64.8 Å². The van der Waals surface area contributed by atoms with Gasteiger partial charge in [0, 0.05) is 88.3 Å². The van der Waals surface area contributed by atoms with Crippen LogP contribution in [0.25, 0.3) is 0 Å². The SMILES string of the molecule is CC[C@H](C)[C@@H]1NC(=O)[C@H](CC(C)C)N(C)C(=O)C[C@@H](C(=O)N2CCOCC2)N(C)C(=O)[C@H](C2CCCCC2)N(C)C(=O)C2(CCCC2)NC(=O)[C@H](Cc2cccnc2)N(C)C(=O)[C@H](CCc2ccc(C(F)(F)F)c(Cl)c2)NC(=O)CN(C)C(=O)[C@H](CC2CCCCC2)N(C)C(=O)CN(C)C(=O)CN(C)C1=O. The first-order valence-corrected chi connectivity index (χ1v) is 38.1. The van der Waals surface area contributed by atoms with Gasteiger partial charge in [-0.05, 0) is 104 Å². The second-order valence-electron chi connectivity index (χ2n) is 30.6. The van der Waals surface area contributed by atoms with Crippen LogP contribution in [0.1, 0.15) is 166 Å². The summed E-state index contributed by atoms with van der Waals surface area (Å²) in [5.41, 5.74) is -2.02. The number of hydrogen-bond donors (Lipinski definition) is 3. The molecule has 5 aliphatic rings. The number of amides is 12. The molecule has 8 atom stereocenters. The van der Waals surface area contributed by atoms with E-state index in [1.807, 2.05) is 20.8 Å². The Morgan fingerprint density at radius 2 is 1.26 bits per heavy atom. The van der Waals surface area contributed by atoms with Crippen LogP contribution in [-0.4, -0.2) is 270 Å². The van der Waals surface area contributed by atoms with Crippen molar-refractivity contribution < 1.29 is 75.4 Å². The van der Waals surface area contributed by atoms with Crippen molar-refractivity contribution in [2.24, 2.45) is 23.7 Å². The molecular formula is C76H113ClF3N13O13. The van der Waals surface area contributed by atoms with Gasteiger partial charge in [-0.25, -0.2) is 0 Å². The number of likely N-dealkylation sites (N-methyl/N-ethyl adjacent to an activating group) is 8. The molecule has 0 unspecified atom stereocenters.